The summed E-state index contributed by atoms with van der Waals surface area (Å²) in [6.45, 7) is 8.05. The van der Waals surface area contributed by atoms with Gasteiger partial charge in [-0.15, -0.1) is 11.3 Å². The average Bonchev–Trinajstić information content (AvgIpc) is 2.78. The summed E-state index contributed by atoms with van der Waals surface area (Å²) in [7, 11) is 0. The van der Waals surface area contributed by atoms with Gasteiger partial charge in [0.1, 0.15) is 6.04 Å². The van der Waals surface area contributed by atoms with Gasteiger partial charge in [0.2, 0.25) is 0 Å². The summed E-state index contributed by atoms with van der Waals surface area (Å²) in [5.74, 6) is -0.636. The topological polar surface area (TPSA) is 74.2 Å². The lowest BCUT2D eigenvalue weighted by Crippen LogP contribution is -2.44. The first-order valence-electron chi connectivity index (χ1n) is 6.62. The summed E-state index contributed by atoms with van der Waals surface area (Å²) in [5.41, 5.74) is 1.04. The number of hydrogen-bond acceptors (Lipinski definition) is 5. The fraction of sp³-hybridized carbons (Fsp3) is 0.692. The van der Waals surface area contributed by atoms with Crippen LogP contribution < -0.4 is 10.6 Å². The molecule has 0 radical (unpaired) electrons. The molecule has 1 unspecified atom stereocenters. The second-order valence-corrected chi connectivity index (χ2v) is 5.75. The van der Waals surface area contributed by atoms with Gasteiger partial charge >= 0.3 is 5.97 Å². The maximum Gasteiger partial charge on any atom is 0.320 e. The van der Waals surface area contributed by atoms with Gasteiger partial charge < -0.3 is 15.7 Å². The van der Waals surface area contributed by atoms with Crippen LogP contribution in [0.15, 0.2) is 5.38 Å². The molecule has 2 atom stereocenters. The van der Waals surface area contributed by atoms with Crippen LogP contribution in [0.3, 0.4) is 0 Å². The smallest absolute Gasteiger partial charge is 0.320 e. The molecule has 1 aromatic heterocycles. The van der Waals surface area contributed by atoms with E-state index in [9.17, 15) is 4.79 Å². The number of thiazole rings is 1. The van der Waals surface area contributed by atoms with Crippen molar-refractivity contribution in [3.05, 3.63) is 16.1 Å². The zero-order valence-electron chi connectivity index (χ0n) is 11.8. The number of aliphatic carboxylic acids is 1. The predicted molar refractivity (Wildman–Crippen MR) is 77.4 cm³/mol. The van der Waals surface area contributed by atoms with E-state index < -0.39 is 12.0 Å². The highest BCUT2D eigenvalue weighted by molar-refractivity contribution is 7.09. The zero-order chi connectivity index (χ0) is 14.3. The lowest BCUT2D eigenvalue weighted by molar-refractivity contribution is -0.140. The normalized spacial score (nSPS) is 14.3. The molecular weight excluding hydrogens is 262 g/mol. The molecular formula is C13H23N3O2S. The number of aryl methyl sites for hydroxylation is 1. The summed E-state index contributed by atoms with van der Waals surface area (Å²) in [6, 6.07) is -0.465. The number of nitrogens with one attached hydrogen (secondary N) is 2. The molecule has 0 aliphatic carbocycles. The van der Waals surface area contributed by atoms with Crippen molar-refractivity contribution in [3.8, 4) is 0 Å². The van der Waals surface area contributed by atoms with Crippen LogP contribution in [0.5, 0.6) is 0 Å². The van der Waals surface area contributed by atoms with Crippen molar-refractivity contribution in [3.63, 3.8) is 0 Å². The van der Waals surface area contributed by atoms with Crippen LogP contribution >= 0.6 is 11.3 Å². The summed E-state index contributed by atoms with van der Waals surface area (Å²) in [5, 5.41) is 18.6. The Morgan fingerprint density at radius 3 is 2.79 bits per heavy atom. The molecule has 3 N–H and O–H groups in total. The second kappa shape index (κ2) is 8.24. The van der Waals surface area contributed by atoms with Gasteiger partial charge in [0.25, 0.3) is 0 Å². The van der Waals surface area contributed by atoms with Crippen LogP contribution in [0.4, 0.5) is 0 Å². The number of carboxylic acids is 1. The van der Waals surface area contributed by atoms with E-state index >= 15 is 0 Å². The molecule has 0 spiro atoms. The van der Waals surface area contributed by atoms with E-state index in [4.69, 9.17) is 5.11 Å². The number of aromatic nitrogens is 1. The van der Waals surface area contributed by atoms with Crippen molar-refractivity contribution in [2.24, 2.45) is 5.92 Å². The molecule has 1 aromatic rings. The summed E-state index contributed by atoms with van der Waals surface area (Å²) >= 11 is 1.64. The Kier molecular flexibility index (Phi) is 6.97. The third-order valence-corrected chi connectivity index (χ3v) is 3.94. The molecule has 0 aliphatic rings. The lowest BCUT2D eigenvalue weighted by Gasteiger charge is -2.20. The van der Waals surface area contributed by atoms with Crippen LogP contribution in [-0.2, 0) is 11.3 Å². The molecule has 1 heterocycles. The van der Waals surface area contributed by atoms with Crippen molar-refractivity contribution in [2.45, 2.75) is 39.8 Å². The molecule has 1 rings (SSSR count). The van der Waals surface area contributed by atoms with Crippen molar-refractivity contribution < 1.29 is 9.90 Å². The minimum absolute atomic E-state index is 0.138. The fourth-order valence-electron chi connectivity index (χ4n) is 1.79. The number of rotatable bonds is 9. The van der Waals surface area contributed by atoms with Crippen molar-refractivity contribution >= 4 is 17.3 Å². The third-order valence-electron chi connectivity index (χ3n) is 3.12. The Bertz CT molecular complexity index is 395. The van der Waals surface area contributed by atoms with E-state index in [0.717, 1.165) is 30.2 Å². The summed E-state index contributed by atoms with van der Waals surface area (Å²) in [4.78, 5) is 15.5. The van der Waals surface area contributed by atoms with E-state index in [1.165, 1.54) is 0 Å². The largest absolute Gasteiger partial charge is 0.480 e. The maximum atomic E-state index is 11.1. The number of carboxylic acid groups (broad SMARTS) is 1. The SMILES string of the molecule is CCC(C)[C@H](NCCNCc1csc(C)n1)C(=O)O. The number of nitrogens with zero attached hydrogens (tertiary/aromatic N) is 1. The Hall–Kier alpha value is -0.980. The van der Waals surface area contributed by atoms with Crippen molar-refractivity contribution in [1.82, 2.24) is 15.6 Å². The molecule has 0 saturated heterocycles. The average molecular weight is 285 g/mol. The predicted octanol–water partition coefficient (Wildman–Crippen LogP) is 1.63. The minimum atomic E-state index is -0.774. The lowest BCUT2D eigenvalue weighted by atomic mass is 9.99. The van der Waals surface area contributed by atoms with Crippen LogP contribution in [0.1, 0.15) is 31.0 Å². The minimum Gasteiger partial charge on any atom is -0.480 e. The molecule has 0 aliphatic heterocycles. The van der Waals surface area contributed by atoms with Crippen LogP contribution in [0.25, 0.3) is 0 Å². The van der Waals surface area contributed by atoms with E-state index in [-0.39, 0.29) is 5.92 Å². The molecule has 6 heteroatoms. The molecule has 0 amide bonds. The molecule has 0 saturated carbocycles. The van der Waals surface area contributed by atoms with E-state index in [2.05, 4.69) is 15.6 Å². The highest BCUT2D eigenvalue weighted by Gasteiger charge is 2.22. The number of carbonyl (C=O) groups is 1. The van der Waals surface area contributed by atoms with E-state index in [1.54, 1.807) is 11.3 Å². The first kappa shape index (κ1) is 16.1. The van der Waals surface area contributed by atoms with Crippen LogP contribution in [0.2, 0.25) is 0 Å². The van der Waals surface area contributed by atoms with Crippen molar-refractivity contribution in [2.75, 3.05) is 13.1 Å². The van der Waals surface area contributed by atoms with Gasteiger partial charge in [-0.1, -0.05) is 20.3 Å². The summed E-state index contributed by atoms with van der Waals surface area (Å²) < 4.78 is 0. The highest BCUT2D eigenvalue weighted by Crippen LogP contribution is 2.08. The standard InChI is InChI=1S/C13H23N3O2S/c1-4-9(2)12(13(17)18)15-6-5-14-7-11-8-19-10(3)16-11/h8-9,12,14-15H,4-7H2,1-3H3,(H,17,18)/t9?,12-/m0/s1. The Labute approximate surface area is 118 Å². The van der Waals surface area contributed by atoms with E-state index in [0.29, 0.717) is 6.54 Å². The number of hydrogen-bond donors (Lipinski definition) is 3. The summed E-state index contributed by atoms with van der Waals surface area (Å²) in [6.07, 6.45) is 0.857. The van der Waals surface area contributed by atoms with Gasteiger partial charge in [-0.2, -0.15) is 0 Å². The Morgan fingerprint density at radius 1 is 1.53 bits per heavy atom. The van der Waals surface area contributed by atoms with Gasteiger partial charge in [-0.3, -0.25) is 4.79 Å². The Morgan fingerprint density at radius 2 is 2.26 bits per heavy atom. The van der Waals surface area contributed by atoms with Crippen molar-refractivity contribution in [1.29, 1.82) is 0 Å². The van der Waals surface area contributed by atoms with Gasteiger partial charge in [0.15, 0.2) is 0 Å². The fourth-order valence-corrected chi connectivity index (χ4v) is 2.40. The first-order valence-corrected chi connectivity index (χ1v) is 7.50. The molecule has 19 heavy (non-hydrogen) atoms. The zero-order valence-corrected chi connectivity index (χ0v) is 12.6. The van der Waals surface area contributed by atoms with E-state index in [1.807, 2.05) is 26.2 Å². The first-order chi connectivity index (χ1) is 9.04. The Balaban J connectivity index is 2.20. The van der Waals surface area contributed by atoms with Gasteiger partial charge in [0, 0.05) is 25.0 Å². The van der Waals surface area contributed by atoms with Crippen LogP contribution in [0, 0.1) is 12.8 Å². The molecule has 0 fully saturated rings. The third kappa shape index (κ3) is 5.67. The van der Waals surface area contributed by atoms with Crippen LogP contribution in [-0.4, -0.2) is 35.2 Å². The van der Waals surface area contributed by atoms with Gasteiger partial charge in [0.05, 0.1) is 10.7 Å². The molecule has 108 valence electrons. The molecule has 0 aromatic carbocycles. The van der Waals surface area contributed by atoms with Gasteiger partial charge in [-0.05, 0) is 12.8 Å². The highest BCUT2D eigenvalue weighted by atomic mass is 32.1. The monoisotopic (exact) mass is 285 g/mol. The second-order valence-electron chi connectivity index (χ2n) is 4.69. The quantitative estimate of drug-likeness (QED) is 0.601. The van der Waals surface area contributed by atoms with Gasteiger partial charge in [-0.25, -0.2) is 4.98 Å². The molecule has 5 nitrogen and oxygen atoms in total. The molecule has 0 bridgehead atoms. The maximum absolute atomic E-state index is 11.1.